The summed E-state index contributed by atoms with van der Waals surface area (Å²) >= 11 is 0. The summed E-state index contributed by atoms with van der Waals surface area (Å²) in [7, 11) is 0. The second kappa shape index (κ2) is 6.26. The first-order valence-electron chi connectivity index (χ1n) is 7.44. The van der Waals surface area contributed by atoms with E-state index in [2.05, 4.69) is 12.1 Å². The number of hydrogen-bond donors (Lipinski definition) is 0. The number of hydrogen-bond acceptors (Lipinski definition) is 1. The lowest BCUT2D eigenvalue weighted by atomic mass is 9.89. The molecule has 3 rings (SSSR count). The molecule has 0 radical (unpaired) electrons. The molecule has 1 heterocycles. The molecule has 2 aromatic rings. The van der Waals surface area contributed by atoms with Crippen LogP contribution in [-0.2, 0) is 0 Å². The van der Waals surface area contributed by atoms with E-state index < -0.39 is 17.5 Å². The van der Waals surface area contributed by atoms with Gasteiger partial charge in [-0.25, -0.2) is 8.78 Å². The fourth-order valence-corrected chi connectivity index (χ4v) is 2.97. The fraction of sp³-hybridized carbons (Fsp3) is 0.278. The number of carbonyl (C=O) groups is 1. The number of halogens is 2. The lowest BCUT2D eigenvalue weighted by Crippen LogP contribution is -2.38. The summed E-state index contributed by atoms with van der Waals surface area (Å²) in [5, 5.41) is 0. The molecule has 114 valence electrons. The van der Waals surface area contributed by atoms with Crippen molar-refractivity contribution in [3.63, 3.8) is 0 Å². The molecule has 0 N–H and O–H groups in total. The van der Waals surface area contributed by atoms with Gasteiger partial charge in [0.25, 0.3) is 5.91 Å². The number of piperidine rings is 1. The van der Waals surface area contributed by atoms with Crippen LogP contribution in [0.3, 0.4) is 0 Å². The molecule has 1 amide bonds. The summed E-state index contributed by atoms with van der Waals surface area (Å²) in [5.41, 5.74) is 1.09. The van der Waals surface area contributed by atoms with Gasteiger partial charge in [0.15, 0.2) is 0 Å². The summed E-state index contributed by atoms with van der Waals surface area (Å²) in [6.45, 7) is 1.13. The summed E-state index contributed by atoms with van der Waals surface area (Å²) in [5.74, 6) is -1.27. The molecule has 0 aliphatic carbocycles. The van der Waals surface area contributed by atoms with Gasteiger partial charge in [0, 0.05) is 13.1 Å². The minimum atomic E-state index is -0.670. The highest BCUT2D eigenvalue weighted by atomic mass is 19.1. The Morgan fingerprint density at radius 3 is 2.36 bits per heavy atom. The zero-order chi connectivity index (χ0) is 15.5. The predicted molar refractivity (Wildman–Crippen MR) is 80.7 cm³/mol. The van der Waals surface area contributed by atoms with Crippen LogP contribution in [0.1, 0.15) is 34.7 Å². The maximum atomic E-state index is 13.7. The third-order valence-electron chi connectivity index (χ3n) is 4.21. The van der Waals surface area contributed by atoms with Gasteiger partial charge in [-0.05, 0) is 42.5 Å². The lowest BCUT2D eigenvalue weighted by molar-refractivity contribution is 0.0707. The normalized spacial score (nSPS) is 15.8. The van der Waals surface area contributed by atoms with Crippen molar-refractivity contribution in [1.82, 2.24) is 4.90 Å². The molecule has 1 aliphatic heterocycles. The molecule has 2 nitrogen and oxygen atoms in total. The van der Waals surface area contributed by atoms with E-state index in [0.29, 0.717) is 19.0 Å². The van der Waals surface area contributed by atoms with E-state index >= 15 is 0 Å². The Hall–Kier alpha value is -2.23. The Bertz CT molecular complexity index is 664. The van der Waals surface area contributed by atoms with Gasteiger partial charge in [0.1, 0.15) is 11.6 Å². The maximum Gasteiger partial charge on any atom is 0.256 e. The Kier molecular flexibility index (Phi) is 4.18. The van der Waals surface area contributed by atoms with Crippen molar-refractivity contribution in [1.29, 1.82) is 0 Å². The smallest absolute Gasteiger partial charge is 0.256 e. The average Bonchev–Trinajstić information content (AvgIpc) is 2.57. The molecule has 1 saturated heterocycles. The van der Waals surface area contributed by atoms with Crippen LogP contribution in [0.25, 0.3) is 0 Å². The van der Waals surface area contributed by atoms with Gasteiger partial charge in [-0.2, -0.15) is 0 Å². The van der Waals surface area contributed by atoms with Crippen molar-refractivity contribution < 1.29 is 13.6 Å². The number of benzene rings is 2. The Morgan fingerprint density at radius 2 is 1.68 bits per heavy atom. The number of rotatable bonds is 2. The number of carbonyl (C=O) groups excluding carboxylic acids is 1. The molecule has 4 heteroatoms. The van der Waals surface area contributed by atoms with Gasteiger partial charge in [-0.3, -0.25) is 4.79 Å². The van der Waals surface area contributed by atoms with Crippen molar-refractivity contribution in [3.8, 4) is 0 Å². The first-order valence-corrected chi connectivity index (χ1v) is 7.44. The van der Waals surface area contributed by atoms with Crippen molar-refractivity contribution in [3.05, 3.63) is 71.3 Å². The number of likely N-dealkylation sites (tertiary alicyclic amines) is 1. The molecular formula is C18H17F2NO. The molecule has 0 bridgehead atoms. The SMILES string of the molecule is O=C(c1cc(F)ccc1F)N1CCC(c2ccccc2)CC1. The number of amides is 1. The highest BCUT2D eigenvalue weighted by molar-refractivity contribution is 5.94. The predicted octanol–water partition coefficient (Wildman–Crippen LogP) is 3.98. The maximum absolute atomic E-state index is 13.7. The highest BCUT2D eigenvalue weighted by Crippen LogP contribution is 2.28. The average molecular weight is 301 g/mol. The van der Waals surface area contributed by atoms with Gasteiger partial charge >= 0.3 is 0 Å². The molecule has 0 unspecified atom stereocenters. The number of nitrogens with zero attached hydrogens (tertiary/aromatic N) is 1. The molecule has 0 atom stereocenters. The highest BCUT2D eigenvalue weighted by Gasteiger charge is 2.26. The second-order valence-electron chi connectivity index (χ2n) is 5.60. The molecule has 2 aromatic carbocycles. The summed E-state index contributed by atoms with van der Waals surface area (Å²) in [6.07, 6.45) is 1.68. The molecular weight excluding hydrogens is 284 g/mol. The zero-order valence-corrected chi connectivity index (χ0v) is 12.1. The summed E-state index contributed by atoms with van der Waals surface area (Å²) in [4.78, 5) is 13.9. The van der Waals surface area contributed by atoms with Crippen molar-refractivity contribution in [2.24, 2.45) is 0 Å². The quantitative estimate of drug-likeness (QED) is 0.821. The van der Waals surface area contributed by atoms with Crippen molar-refractivity contribution in [2.45, 2.75) is 18.8 Å². The van der Waals surface area contributed by atoms with E-state index in [0.717, 1.165) is 31.0 Å². The van der Waals surface area contributed by atoms with Crippen LogP contribution in [0.2, 0.25) is 0 Å². The first-order chi connectivity index (χ1) is 10.6. The van der Waals surface area contributed by atoms with Gasteiger partial charge in [-0.15, -0.1) is 0 Å². The Balaban J connectivity index is 1.68. The molecule has 22 heavy (non-hydrogen) atoms. The molecule has 0 aromatic heterocycles. The van der Waals surface area contributed by atoms with Crippen LogP contribution < -0.4 is 0 Å². The van der Waals surface area contributed by atoms with Crippen molar-refractivity contribution >= 4 is 5.91 Å². The van der Waals surface area contributed by atoms with Crippen LogP contribution in [0.4, 0.5) is 8.78 Å². The molecule has 1 aliphatic rings. The zero-order valence-electron chi connectivity index (χ0n) is 12.1. The first kappa shape index (κ1) is 14.7. The molecule has 0 saturated carbocycles. The standard InChI is InChI=1S/C18H17F2NO/c19-15-6-7-17(20)16(12-15)18(22)21-10-8-14(9-11-21)13-4-2-1-3-5-13/h1-7,12,14H,8-11H2. The third-order valence-corrected chi connectivity index (χ3v) is 4.21. The summed E-state index contributed by atoms with van der Waals surface area (Å²) in [6, 6.07) is 13.2. The lowest BCUT2D eigenvalue weighted by Gasteiger charge is -2.32. The van der Waals surface area contributed by atoms with Gasteiger partial charge in [0.2, 0.25) is 0 Å². The molecule has 1 fully saturated rings. The fourth-order valence-electron chi connectivity index (χ4n) is 2.97. The second-order valence-corrected chi connectivity index (χ2v) is 5.60. The third kappa shape index (κ3) is 3.01. The Labute approximate surface area is 128 Å². The van der Waals surface area contributed by atoms with Crippen LogP contribution in [0, 0.1) is 11.6 Å². The largest absolute Gasteiger partial charge is 0.339 e. The minimum Gasteiger partial charge on any atom is -0.339 e. The van der Waals surface area contributed by atoms with E-state index in [1.807, 2.05) is 18.2 Å². The van der Waals surface area contributed by atoms with E-state index in [1.54, 1.807) is 4.90 Å². The van der Waals surface area contributed by atoms with Crippen molar-refractivity contribution in [2.75, 3.05) is 13.1 Å². The van der Waals surface area contributed by atoms with E-state index in [1.165, 1.54) is 5.56 Å². The van der Waals surface area contributed by atoms with Gasteiger partial charge < -0.3 is 4.90 Å². The van der Waals surface area contributed by atoms with Crippen LogP contribution in [0.15, 0.2) is 48.5 Å². The van der Waals surface area contributed by atoms with Gasteiger partial charge in [-0.1, -0.05) is 30.3 Å². The van der Waals surface area contributed by atoms with Crippen LogP contribution in [-0.4, -0.2) is 23.9 Å². The van der Waals surface area contributed by atoms with Crippen LogP contribution in [0.5, 0.6) is 0 Å². The van der Waals surface area contributed by atoms with Crippen LogP contribution >= 0.6 is 0 Å². The topological polar surface area (TPSA) is 20.3 Å². The monoisotopic (exact) mass is 301 g/mol. The van der Waals surface area contributed by atoms with E-state index in [4.69, 9.17) is 0 Å². The molecule has 0 spiro atoms. The van der Waals surface area contributed by atoms with Gasteiger partial charge in [0.05, 0.1) is 5.56 Å². The minimum absolute atomic E-state index is 0.182. The van der Waals surface area contributed by atoms with E-state index in [-0.39, 0.29) is 5.56 Å². The Morgan fingerprint density at radius 1 is 1.00 bits per heavy atom. The summed E-state index contributed by atoms with van der Waals surface area (Å²) < 4.78 is 26.9. The van der Waals surface area contributed by atoms with E-state index in [9.17, 15) is 13.6 Å².